The van der Waals surface area contributed by atoms with Gasteiger partial charge in [-0.25, -0.2) is 4.98 Å². The lowest BCUT2D eigenvalue weighted by molar-refractivity contribution is 0.357. The molecule has 0 fully saturated rings. The molecule has 0 bridgehead atoms. The molecule has 1 aliphatic rings. The smallest absolute Gasteiger partial charge is 0.166 e. The quantitative estimate of drug-likeness (QED) is 0.712. The van der Waals surface area contributed by atoms with Crippen LogP contribution in [-0.2, 0) is 12.2 Å². The van der Waals surface area contributed by atoms with Crippen LogP contribution in [0, 0.1) is 13.8 Å². The minimum atomic E-state index is 0.738. The number of pyridine rings is 1. The van der Waals surface area contributed by atoms with Crippen molar-refractivity contribution in [2.24, 2.45) is 0 Å². The van der Waals surface area contributed by atoms with Crippen LogP contribution in [0.25, 0.3) is 11.0 Å². The predicted molar refractivity (Wildman–Crippen MR) is 93.6 cm³/mol. The highest BCUT2D eigenvalue weighted by molar-refractivity contribution is 7.98. The number of hydrogen-bond acceptors (Lipinski definition) is 4. The Morgan fingerprint density at radius 3 is 3.09 bits per heavy atom. The zero-order valence-corrected chi connectivity index (χ0v) is 14.5. The fourth-order valence-electron chi connectivity index (χ4n) is 2.76. The van der Waals surface area contributed by atoms with Gasteiger partial charge in [-0.2, -0.15) is 0 Å². The number of imidazole rings is 1. The first-order valence-corrected chi connectivity index (χ1v) is 8.87. The predicted octanol–water partition coefficient (Wildman–Crippen LogP) is 4.46. The molecule has 0 atom stereocenters. The number of aromatic amines is 1. The van der Waals surface area contributed by atoms with Gasteiger partial charge >= 0.3 is 0 Å². The van der Waals surface area contributed by atoms with E-state index in [1.165, 1.54) is 5.56 Å². The van der Waals surface area contributed by atoms with Crippen LogP contribution in [0.2, 0.25) is 5.02 Å². The van der Waals surface area contributed by atoms with Crippen molar-refractivity contribution in [3.8, 4) is 5.75 Å². The second-order valence-corrected chi connectivity index (χ2v) is 7.08. The molecule has 1 N–H and O–H groups in total. The van der Waals surface area contributed by atoms with Gasteiger partial charge in [0.25, 0.3) is 0 Å². The Balaban J connectivity index is 1.58. The molecule has 0 aliphatic carbocycles. The second kappa shape index (κ2) is 5.73. The number of aromatic nitrogens is 3. The fraction of sp³-hybridized carbons (Fsp3) is 0.294. The summed E-state index contributed by atoms with van der Waals surface area (Å²) >= 11 is 7.94. The second-order valence-electron chi connectivity index (χ2n) is 5.73. The average molecular weight is 346 g/mol. The summed E-state index contributed by atoms with van der Waals surface area (Å²) < 4.78 is 5.60. The first kappa shape index (κ1) is 14.8. The Bertz CT molecular complexity index is 865. The van der Waals surface area contributed by atoms with E-state index >= 15 is 0 Å². The maximum atomic E-state index is 6.30. The maximum absolute atomic E-state index is 6.30. The summed E-state index contributed by atoms with van der Waals surface area (Å²) in [6.45, 7) is 4.75. The number of hydrogen-bond donors (Lipinski definition) is 1. The van der Waals surface area contributed by atoms with E-state index in [-0.39, 0.29) is 0 Å². The summed E-state index contributed by atoms with van der Waals surface area (Å²) in [4.78, 5) is 12.5. The Hall–Kier alpha value is -1.72. The molecule has 4 rings (SSSR count). The van der Waals surface area contributed by atoms with Gasteiger partial charge in [-0.3, -0.25) is 4.98 Å². The first-order chi connectivity index (χ1) is 11.1. The van der Waals surface area contributed by atoms with Gasteiger partial charge < -0.3 is 9.72 Å². The van der Waals surface area contributed by atoms with E-state index in [1.54, 1.807) is 11.8 Å². The lowest BCUT2D eigenvalue weighted by atomic mass is 10.1. The fourth-order valence-corrected chi connectivity index (χ4v) is 3.83. The van der Waals surface area contributed by atoms with Crippen molar-refractivity contribution in [1.29, 1.82) is 0 Å². The molecule has 0 amide bonds. The molecule has 2 aromatic heterocycles. The molecular weight excluding hydrogens is 330 g/mol. The zero-order chi connectivity index (χ0) is 16.0. The average Bonchev–Trinajstić information content (AvgIpc) is 3.14. The topological polar surface area (TPSA) is 50.8 Å². The van der Waals surface area contributed by atoms with Gasteiger partial charge in [-0.1, -0.05) is 23.4 Å². The van der Waals surface area contributed by atoms with Crippen molar-refractivity contribution >= 4 is 34.4 Å². The number of aryl methyl sites for hydroxylation is 1. The Kier molecular flexibility index (Phi) is 3.70. The Morgan fingerprint density at radius 2 is 2.22 bits per heavy atom. The van der Waals surface area contributed by atoms with E-state index in [4.69, 9.17) is 16.3 Å². The number of nitrogens with zero attached hydrogens (tertiary/aromatic N) is 2. The van der Waals surface area contributed by atoms with Crippen LogP contribution in [0.4, 0.5) is 0 Å². The molecule has 3 aromatic rings. The van der Waals surface area contributed by atoms with Crippen molar-refractivity contribution in [2.45, 2.75) is 31.2 Å². The largest absolute Gasteiger partial charge is 0.493 e. The normalized spacial score (nSPS) is 13.3. The van der Waals surface area contributed by atoms with E-state index in [9.17, 15) is 0 Å². The summed E-state index contributed by atoms with van der Waals surface area (Å²) in [5.41, 5.74) is 6.30. The number of nitrogens with one attached hydrogen (secondary N) is 1. The minimum Gasteiger partial charge on any atom is -0.493 e. The lowest BCUT2D eigenvalue weighted by Gasteiger charge is -2.07. The highest BCUT2D eigenvalue weighted by Crippen LogP contribution is 2.32. The zero-order valence-electron chi connectivity index (χ0n) is 12.9. The number of fused-ring (bicyclic) bond motifs is 2. The third kappa shape index (κ3) is 2.68. The van der Waals surface area contributed by atoms with Crippen LogP contribution < -0.4 is 4.74 Å². The van der Waals surface area contributed by atoms with Gasteiger partial charge in [0.05, 0.1) is 23.3 Å². The molecule has 118 valence electrons. The van der Waals surface area contributed by atoms with Crippen LogP contribution in [0.5, 0.6) is 5.75 Å². The van der Waals surface area contributed by atoms with Crippen molar-refractivity contribution in [2.75, 3.05) is 6.61 Å². The molecule has 0 spiro atoms. The van der Waals surface area contributed by atoms with Crippen molar-refractivity contribution in [3.63, 3.8) is 0 Å². The SMILES string of the molecule is Cc1cnc(CSc2nc3cc4c(cc3[nH]2)CCO4)c(C)c1Cl. The molecule has 23 heavy (non-hydrogen) atoms. The number of H-pyrrole nitrogens is 1. The van der Waals surface area contributed by atoms with Crippen LogP contribution in [0.3, 0.4) is 0 Å². The van der Waals surface area contributed by atoms with Crippen molar-refractivity contribution in [1.82, 2.24) is 15.0 Å². The minimum absolute atomic E-state index is 0.738. The third-order valence-electron chi connectivity index (χ3n) is 4.14. The highest BCUT2D eigenvalue weighted by Gasteiger charge is 2.15. The van der Waals surface area contributed by atoms with Gasteiger partial charge in [-0.15, -0.1) is 0 Å². The molecule has 0 radical (unpaired) electrons. The van der Waals surface area contributed by atoms with E-state index in [1.807, 2.05) is 26.1 Å². The van der Waals surface area contributed by atoms with Gasteiger partial charge in [0, 0.05) is 29.5 Å². The summed E-state index contributed by atoms with van der Waals surface area (Å²) in [5.74, 6) is 1.70. The van der Waals surface area contributed by atoms with Crippen molar-refractivity contribution in [3.05, 3.63) is 45.7 Å². The van der Waals surface area contributed by atoms with Gasteiger partial charge in [0.1, 0.15) is 5.75 Å². The van der Waals surface area contributed by atoms with Crippen LogP contribution in [0.15, 0.2) is 23.5 Å². The number of rotatable bonds is 3. The molecule has 1 aliphatic heterocycles. The lowest BCUT2D eigenvalue weighted by Crippen LogP contribution is -1.95. The summed E-state index contributed by atoms with van der Waals surface area (Å²) in [6, 6.07) is 4.16. The van der Waals surface area contributed by atoms with E-state index in [0.717, 1.165) is 62.6 Å². The van der Waals surface area contributed by atoms with Crippen molar-refractivity contribution < 1.29 is 4.74 Å². The Morgan fingerprint density at radius 1 is 1.35 bits per heavy atom. The van der Waals surface area contributed by atoms with Gasteiger partial charge in [-0.05, 0) is 36.6 Å². The van der Waals surface area contributed by atoms with Crippen LogP contribution >= 0.6 is 23.4 Å². The van der Waals surface area contributed by atoms with Gasteiger partial charge in [0.2, 0.25) is 0 Å². The molecule has 3 heterocycles. The number of ether oxygens (including phenoxy) is 1. The molecule has 4 nitrogen and oxygen atoms in total. The molecule has 1 aromatic carbocycles. The molecule has 0 unspecified atom stereocenters. The maximum Gasteiger partial charge on any atom is 0.166 e. The third-order valence-corrected chi connectivity index (χ3v) is 5.61. The van der Waals surface area contributed by atoms with Gasteiger partial charge in [0.15, 0.2) is 5.16 Å². The van der Waals surface area contributed by atoms with E-state index in [2.05, 4.69) is 21.0 Å². The molecular formula is C17H16ClN3OS. The van der Waals surface area contributed by atoms with E-state index < -0.39 is 0 Å². The summed E-state index contributed by atoms with van der Waals surface area (Å²) in [6.07, 6.45) is 2.80. The summed E-state index contributed by atoms with van der Waals surface area (Å²) in [5, 5.41) is 1.69. The molecule has 6 heteroatoms. The molecule has 0 saturated heterocycles. The Labute approximate surface area is 143 Å². The number of thioether (sulfide) groups is 1. The molecule has 0 saturated carbocycles. The summed E-state index contributed by atoms with van der Waals surface area (Å²) in [7, 11) is 0. The first-order valence-electron chi connectivity index (χ1n) is 7.50. The monoisotopic (exact) mass is 345 g/mol. The number of benzene rings is 1. The van der Waals surface area contributed by atoms with Crippen LogP contribution in [-0.4, -0.2) is 21.6 Å². The standard InChI is InChI=1S/C17H16ClN3OS/c1-9-7-19-14(10(2)16(9)18)8-23-17-20-12-5-11-3-4-22-15(11)6-13(12)21-17/h5-7H,3-4,8H2,1-2H3,(H,20,21). The van der Waals surface area contributed by atoms with E-state index in [0.29, 0.717) is 0 Å². The van der Waals surface area contributed by atoms with Crippen LogP contribution in [0.1, 0.15) is 22.4 Å². The number of halogens is 1. The highest BCUT2D eigenvalue weighted by atomic mass is 35.5.